The first-order valence-electron chi connectivity index (χ1n) is 9.05. The zero-order valence-corrected chi connectivity index (χ0v) is 15.9. The van der Waals surface area contributed by atoms with E-state index >= 15 is 0 Å². The van der Waals surface area contributed by atoms with Gasteiger partial charge in [0.15, 0.2) is 0 Å². The molecule has 3 rings (SSSR count). The minimum absolute atomic E-state index is 0.237. The van der Waals surface area contributed by atoms with Crippen LogP contribution in [-0.2, 0) is 6.54 Å². The van der Waals surface area contributed by atoms with Gasteiger partial charge in [0, 0.05) is 24.8 Å². The summed E-state index contributed by atoms with van der Waals surface area (Å²) in [6.45, 7) is 7.60. The summed E-state index contributed by atoms with van der Waals surface area (Å²) in [6.07, 6.45) is 1.44. The Bertz CT molecular complexity index is 904. The van der Waals surface area contributed by atoms with Crippen molar-refractivity contribution in [3.8, 4) is 0 Å². The van der Waals surface area contributed by atoms with E-state index in [4.69, 9.17) is 0 Å². The quantitative estimate of drug-likeness (QED) is 0.709. The monoisotopic (exact) mass is 360 g/mol. The average molecular weight is 360 g/mol. The fraction of sp³-hybridized carbons (Fsp3) is 0.227. The summed E-state index contributed by atoms with van der Waals surface area (Å²) < 4.78 is 0. The molecule has 0 atom stereocenters. The Balaban J connectivity index is 1.78. The molecule has 5 heteroatoms. The van der Waals surface area contributed by atoms with Crippen LogP contribution in [0.5, 0.6) is 0 Å². The Morgan fingerprint density at radius 3 is 2.37 bits per heavy atom. The Morgan fingerprint density at radius 1 is 1.00 bits per heavy atom. The fourth-order valence-corrected chi connectivity index (χ4v) is 3.04. The molecule has 5 nitrogen and oxygen atoms in total. The van der Waals surface area contributed by atoms with Crippen molar-refractivity contribution in [1.29, 1.82) is 0 Å². The van der Waals surface area contributed by atoms with Gasteiger partial charge in [-0.2, -0.15) is 0 Å². The van der Waals surface area contributed by atoms with E-state index in [1.807, 2.05) is 44.2 Å². The highest BCUT2D eigenvalue weighted by Gasteiger charge is 2.13. The minimum atomic E-state index is -0.237. The number of rotatable bonds is 6. The smallest absolute Gasteiger partial charge is 0.274 e. The second-order valence-corrected chi connectivity index (χ2v) is 6.59. The summed E-state index contributed by atoms with van der Waals surface area (Å²) in [5.74, 6) is 0.501. The number of nitrogens with zero attached hydrogens (tertiary/aromatic N) is 3. The standard InChI is InChI=1S/C22H24N4O/c1-4-26(14-18-8-6-5-7-9-18)21-13-20(23-15-24-21)22(27)25-19-11-16(2)10-17(3)12-19/h5-13,15H,4,14H2,1-3H3,(H,25,27). The van der Waals surface area contributed by atoms with E-state index in [0.29, 0.717) is 5.69 Å². The molecule has 0 radical (unpaired) electrons. The topological polar surface area (TPSA) is 58.1 Å². The van der Waals surface area contributed by atoms with E-state index in [1.54, 1.807) is 6.07 Å². The molecule has 3 aromatic rings. The lowest BCUT2D eigenvalue weighted by Crippen LogP contribution is -2.24. The van der Waals surface area contributed by atoms with Crippen LogP contribution in [0.1, 0.15) is 34.1 Å². The first kappa shape index (κ1) is 18.6. The summed E-state index contributed by atoms with van der Waals surface area (Å²) in [6, 6.07) is 17.9. The SMILES string of the molecule is CCN(Cc1ccccc1)c1cc(C(=O)Nc2cc(C)cc(C)c2)ncn1. The zero-order valence-electron chi connectivity index (χ0n) is 15.9. The van der Waals surface area contributed by atoms with Gasteiger partial charge in [-0.25, -0.2) is 9.97 Å². The van der Waals surface area contributed by atoms with Crippen LogP contribution in [0.3, 0.4) is 0 Å². The molecule has 0 spiro atoms. The average Bonchev–Trinajstić information content (AvgIpc) is 2.66. The highest BCUT2D eigenvalue weighted by Crippen LogP contribution is 2.17. The normalized spacial score (nSPS) is 10.5. The van der Waals surface area contributed by atoms with Gasteiger partial charge in [-0.3, -0.25) is 4.79 Å². The van der Waals surface area contributed by atoms with Crippen LogP contribution in [0, 0.1) is 13.8 Å². The molecule has 0 saturated heterocycles. The number of benzene rings is 2. The van der Waals surface area contributed by atoms with E-state index < -0.39 is 0 Å². The van der Waals surface area contributed by atoms with Crippen LogP contribution < -0.4 is 10.2 Å². The van der Waals surface area contributed by atoms with E-state index in [9.17, 15) is 4.79 Å². The Labute approximate surface area is 160 Å². The molecular weight excluding hydrogens is 336 g/mol. The van der Waals surface area contributed by atoms with Crippen LogP contribution in [-0.4, -0.2) is 22.4 Å². The molecule has 1 aromatic heterocycles. The van der Waals surface area contributed by atoms with Crippen LogP contribution in [0.2, 0.25) is 0 Å². The second-order valence-electron chi connectivity index (χ2n) is 6.59. The number of amides is 1. The number of carbonyl (C=O) groups excluding carboxylic acids is 1. The molecular formula is C22H24N4O. The first-order chi connectivity index (χ1) is 13.0. The van der Waals surface area contributed by atoms with E-state index in [2.05, 4.69) is 45.3 Å². The predicted octanol–water partition coefficient (Wildman–Crippen LogP) is 4.37. The number of carbonyl (C=O) groups is 1. The summed E-state index contributed by atoms with van der Waals surface area (Å²) >= 11 is 0. The largest absolute Gasteiger partial charge is 0.352 e. The zero-order chi connectivity index (χ0) is 19.2. The van der Waals surface area contributed by atoms with Crippen LogP contribution >= 0.6 is 0 Å². The Kier molecular flexibility index (Phi) is 5.81. The molecule has 0 aliphatic heterocycles. The highest BCUT2D eigenvalue weighted by atomic mass is 16.1. The molecule has 1 heterocycles. The number of hydrogen-bond acceptors (Lipinski definition) is 4. The maximum Gasteiger partial charge on any atom is 0.274 e. The number of aromatic nitrogens is 2. The van der Waals surface area contributed by atoms with E-state index in [0.717, 1.165) is 35.7 Å². The Hall–Kier alpha value is -3.21. The minimum Gasteiger partial charge on any atom is -0.352 e. The van der Waals surface area contributed by atoms with Crippen LogP contribution in [0.25, 0.3) is 0 Å². The lowest BCUT2D eigenvalue weighted by Gasteiger charge is -2.22. The molecule has 1 N–H and O–H groups in total. The highest BCUT2D eigenvalue weighted by molar-refractivity contribution is 6.03. The van der Waals surface area contributed by atoms with Gasteiger partial charge >= 0.3 is 0 Å². The summed E-state index contributed by atoms with van der Waals surface area (Å²) in [7, 11) is 0. The number of nitrogens with one attached hydrogen (secondary N) is 1. The van der Waals surface area contributed by atoms with Gasteiger partial charge in [-0.05, 0) is 49.6 Å². The number of aryl methyl sites for hydroxylation is 2. The van der Waals surface area contributed by atoms with Crippen molar-refractivity contribution in [1.82, 2.24) is 9.97 Å². The molecule has 1 amide bonds. The molecule has 0 unspecified atom stereocenters. The first-order valence-corrected chi connectivity index (χ1v) is 9.05. The molecule has 138 valence electrons. The van der Waals surface area contributed by atoms with E-state index in [-0.39, 0.29) is 5.91 Å². The summed E-state index contributed by atoms with van der Waals surface area (Å²) in [4.78, 5) is 23.3. The van der Waals surface area contributed by atoms with Gasteiger partial charge in [-0.15, -0.1) is 0 Å². The third kappa shape index (κ3) is 4.91. The van der Waals surface area contributed by atoms with Crippen molar-refractivity contribution < 1.29 is 4.79 Å². The van der Waals surface area contributed by atoms with Crippen molar-refractivity contribution in [2.45, 2.75) is 27.3 Å². The van der Waals surface area contributed by atoms with Crippen molar-refractivity contribution in [3.05, 3.63) is 83.3 Å². The molecule has 0 saturated carbocycles. The summed E-state index contributed by atoms with van der Waals surface area (Å²) in [5, 5.41) is 2.93. The fourth-order valence-electron chi connectivity index (χ4n) is 3.04. The van der Waals surface area contributed by atoms with Gasteiger partial charge in [0.25, 0.3) is 5.91 Å². The predicted molar refractivity (Wildman–Crippen MR) is 109 cm³/mol. The van der Waals surface area contributed by atoms with Crippen LogP contribution in [0.15, 0.2) is 60.9 Å². The molecule has 0 aliphatic carbocycles. The Morgan fingerprint density at radius 2 is 1.70 bits per heavy atom. The van der Waals surface area contributed by atoms with E-state index in [1.165, 1.54) is 11.9 Å². The molecule has 0 aliphatic rings. The maximum atomic E-state index is 12.6. The van der Waals surface area contributed by atoms with Crippen LogP contribution in [0.4, 0.5) is 11.5 Å². The third-order valence-electron chi connectivity index (χ3n) is 4.29. The lowest BCUT2D eigenvalue weighted by atomic mass is 10.1. The second kappa shape index (κ2) is 8.45. The third-order valence-corrected chi connectivity index (χ3v) is 4.29. The van der Waals surface area contributed by atoms with Crippen molar-refractivity contribution in [3.63, 3.8) is 0 Å². The lowest BCUT2D eigenvalue weighted by molar-refractivity contribution is 0.102. The molecule has 0 fully saturated rings. The molecule has 27 heavy (non-hydrogen) atoms. The van der Waals surface area contributed by atoms with Crippen molar-refractivity contribution in [2.24, 2.45) is 0 Å². The maximum absolute atomic E-state index is 12.6. The van der Waals surface area contributed by atoms with Gasteiger partial charge in [0.2, 0.25) is 0 Å². The van der Waals surface area contributed by atoms with Gasteiger partial charge in [-0.1, -0.05) is 36.4 Å². The van der Waals surface area contributed by atoms with Crippen molar-refractivity contribution >= 4 is 17.4 Å². The molecule has 0 bridgehead atoms. The number of hydrogen-bond donors (Lipinski definition) is 1. The van der Waals surface area contributed by atoms with Gasteiger partial charge in [0.05, 0.1) is 0 Å². The van der Waals surface area contributed by atoms with Crippen molar-refractivity contribution in [2.75, 3.05) is 16.8 Å². The molecule has 2 aromatic carbocycles. The number of anilines is 2. The summed E-state index contributed by atoms with van der Waals surface area (Å²) in [5.41, 5.74) is 4.53. The van der Waals surface area contributed by atoms with Gasteiger partial charge in [0.1, 0.15) is 17.8 Å². The van der Waals surface area contributed by atoms with Gasteiger partial charge < -0.3 is 10.2 Å².